The molecule has 0 bridgehead atoms. The number of halogens is 2. The van der Waals surface area contributed by atoms with Crippen molar-refractivity contribution in [1.29, 1.82) is 0 Å². The molecule has 0 radical (unpaired) electrons. The summed E-state index contributed by atoms with van der Waals surface area (Å²) in [6.45, 7) is 2.42. The third-order valence-corrected chi connectivity index (χ3v) is 3.85. The van der Waals surface area contributed by atoms with Crippen molar-refractivity contribution in [2.75, 3.05) is 6.54 Å². The molecule has 2 rings (SSSR count). The van der Waals surface area contributed by atoms with Gasteiger partial charge >= 0.3 is 0 Å². The van der Waals surface area contributed by atoms with E-state index in [1.54, 1.807) is 0 Å². The molecule has 1 atom stereocenters. The lowest BCUT2D eigenvalue weighted by atomic mass is 9.93. The van der Waals surface area contributed by atoms with E-state index in [0.717, 1.165) is 18.1 Å². The summed E-state index contributed by atoms with van der Waals surface area (Å²) in [5, 5.41) is 2.82. The van der Waals surface area contributed by atoms with Gasteiger partial charge in [0.2, 0.25) is 5.91 Å². The number of hydrogen-bond acceptors (Lipinski definition) is 1. The Morgan fingerprint density at radius 2 is 1.74 bits per heavy atom. The van der Waals surface area contributed by atoms with Crippen LogP contribution in [-0.4, -0.2) is 12.5 Å². The summed E-state index contributed by atoms with van der Waals surface area (Å²) in [5.74, 6) is -1.05. The lowest BCUT2D eigenvalue weighted by Gasteiger charge is -2.15. The molecule has 0 aromatic heterocycles. The molecule has 0 spiro atoms. The third kappa shape index (κ3) is 5.47. The minimum atomic E-state index is -0.596. The average Bonchev–Trinajstić information content (AvgIpc) is 2.52. The first-order valence-corrected chi connectivity index (χ1v) is 7.85. The fourth-order valence-corrected chi connectivity index (χ4v) is 2.62. The number of hydrogen-bond donors (Lipinski definition) is 1. The molecule has 0 aliphatic heterocycles. The standard InChI is InChI=1S/C19H21F2NO/c1-2-15(16-6-4-3-5-7-16)12-19(23)22-9-8-14-10-17(20)13-18(21)11-14/h3-7,10-11,13,15H,2,8-9,12H2,1H3,(H,22,23). The maximum Gasteiger partial charge on any atom is 0.220 e. The lowest BCUT2D eigenvalue weighted by Crippen LogP contribution is -2.27. The van der Waals surface area contributed by atoms with Gasteiger partial charge in [-0.1, -0.05) is 37.3 Å². The van der Waals surface area contributed by atoms with Crippen molar-refractivity contribution < 1.29 is 13.6 Å². The Hall–Kier alpha value is -2.23. The summed E-state index contributed by atoms with van der Waals surface area (Å²) in [4.78, 5) is 12.1. The Kier molecular flexibility index (Phi) is 6.27. The SMILES string of the molecule is CCC(CC(=O)NCCc1cc(F)cc(F)c1)c1ccccc1. The van der Waals surface area contributed by atoms with Gasteiger partial charge in [-0.2, -0.15) is 0 Å². The Labute approximate surface area is 135 Å². The van der Waals surface area contributed by atoms with E-state index in [9.17, 15) is 13.6 Å². The van der Waals surface area contributed by atoms with Gasteiger partial charge < -0.3 is 5.32 Å². The van der Waals surface area contributed by atoms with Crippen molar-refractivity contribution in [3.8, 4) is 0 Å². The van der Waals surface area contributed by atoms with Gasteiger partial charge in [0.05, 0.1) is 0 Å². The van der Waals surface area contributed by atoms with E-state index in [2.05, 4.69) is 12.2 Å². The summed E-state index contributed by atoms with van der Waals surface area (Å²) >= 11 is 0. The van der Waals surface area contributed by atoms with Gasteiger partial charge in [-0.3, -0.25) is 4.79 Å². The molecule has 1 amide bonds. The van der Waals surface area contributed by atoms with Crippen molar-refractivity contribution in [3.63, 3.8) is 0 Å². The molecule has 0 saturated carbocycles. The summed E-state index contributed by atoms with van der Waals surface area (Å²) in [6.07, 6.45) is 1.70. The lowest BCUT2D eigenvalue weighted by molar-refractivity contribution is -0.121. The fraction of sp³-hybridized carbons (Fsp3) is 0.316. The molecule has 1 N–H and O–H groups in total. The normalized spacial score (nSPS) is 12.0. The highest BCUT2D eigenvalue weighted by Gasteiger charge is 2.13. The number of amides is 1. The summed E-state index contributed by atoms with van der Waals surface area (Å²) in [7, 11) is 0. The molecule has 2 aromatic carbocycles. The predicted octanol–water partition coefficient (Wildman–Crippen LogP) is 4.21. The van der Waals surface area contributed by atoms with Gasteiger partial charge in [-0.05, 0) is 42.0 Å². The summed E-state index contributed by atoms with van der Waals surface area (Å²) < 4.78 is 26.2. The molecule has 1 unspecified atom stereocenters. The van der Waals surface area contributed by atoms with Crippen LogP contribution >= 0.6 is 0 Å². The van der Waals surface area contributed by atoms with Crippen LogP contribution in [0, 0.1) is 11.6 Å². The molecule has 2 aromatic rings. The molecule has 4 heteroatoms. The molecule has 0 saturated heterocycles. The highest BCUT2D eigenvalue weighted by atomic mass is 19.1. The molecule has 0 aliphatic carbocycles. The second-order valence-electron chi connectivity index (χ2n) is 5.60. The molecule has 0 aliphatic rings. The Morgan fingerprint density at radius 3 is 2.35 bits per heavy atom. The Balaban J connectivity index is 1.82. The van der Waals surface area contributed by atoms with Crippen LogP contribution in [0.3, 0.4) is 0 Å². The smallest absolute Gasteiger partial charge is 0.220 e. The molecule has 122 valence electrons. The largest absolute Gasteiger partial charge is 0.356 e. The Bertz CT molecular complexity index is 623. The summed E-state index contributed by atoms with van der Waals surface area (Å²) in [5.41, 5.74) is 1.69. The number of rotatable bonds is 7. The van der Waals surface area contributed by atoms with E-state index in [4.69, 9.17) is 0 Å². The van der Waals surface area contributed by atoms with Gasteiger partial charge in [0.25, 0.3) is 0 Å². The van der Waals surface area contributed by atoms with Crippen LogP contribution in [-0.2, 0) is 11.2 Å². The van der Waals surface area contributed by atoms with E-state index in [-0.39, 0.29) is 11.8 Å². The van der Waals surface area contributed by atoms with E-state index in [0.29, 0.717) is 24.9 Å². The average molecular weight is 317 g/mol. The van der Waals surface area contributed by atoms with Gasteiger partial charge in [0.15, 0.2) is 0 Å². The number of benzene rings is 2. The van der Waals surface area contributed by atoms with Crippen LogP contribution in [0.25, 0.3) is 0 Å². The quantitative estimate of drug-likeness (QED) is 0.814. The van der Waals surface area contributed by atoms with Crippen molar-refractivity contribution in [1.82, 2.24) is 5.32 Å². The summed E-state index contributed by atoms with van der Waals surface area (Å²) in [6, 6.07) is 13.3. The van der Waals surface area contributed by atoms with Crippen molar-refractivity contribution in [3.05, 3.63) is 71.3 Å². The number of nitrogens with one attached hydrogen (secondary N) is 1. The van der Waals surface area contributed by atoms with Crippen LogP contribution in [0.4, 0.5) is 8.78 Å². The van der Waals surface area contributed by atoms with Crippen LogP contribution < -0.4 is 5.32 Å². The molecule has 2 nitrogen and oxygen atoms in total. The van der Waals surface area contributed by atoms with E-state index in [1.807, 2.05) is 30.3 Å². The fourth-order valence-electron chi connectivity index (χ4n) is 2.62. The zero-order chi connectivity index (χ0) is 16.7. The maximum atomic E-state index is 13.1. The van der Waals surface area contributed by atoms with Gasteiger partial charge in [-0.25, -0.2) is 8.78 Å². The second kappa shape index (κ2) is 8.42. The number of carbonyl (C=O) groups excluding carboxylic acids is 1. The predicted molar refractivity (Wildman–Crippen MR) is 87.2 cm³/mol. The van der Waals surface area contributed by atoms with Crippen molar-refractivity contribution in [2.24, 2.45) is 0 Å². The van der Waals surface area contributed by atoms with Crippen molar-refractivity contribution in [2.45, 2.75) is 32.1 Å². The highest BCUT2D eigenvalue weighted by Crippen LogP contribution is 2.22. The van der Waals surface area contributed by atoms with E-state index < -0.39 is 11.6 Å². The van der Waals surface area contributed by atoms with Crippen LogP contribution in [0.15, 0.2) is 48.5 Å². The van der Waals surface area contributed by atoms with Gasteiger partial charge in [0, 0.05) is 19.0 Å². The monoisotopic (exact) mass is 317 g/mol. The maximum absolute atomic E-state index is 13.1. The molecular weight excluding hydrogens is 296 g/mol. The van der Waals surface area contributed by atoms with Gasteiger partial charge in [-0.15, -0.1) is 0 Å². The molecule has 0 fully saturated rings. The first kappa shape index (κ1) is 17.1. The topological polar surface area (TPSA) is 29.1 Å². The van der Waals surface area contributed by atoms with Gasteiger partial charge in [0.1, 0.15) is 11.6 Å². The first-order valence-electron chi connectivity index (χ1n) is 7.85. The Morgan fingerprint density at radius 1 is 1.09 bits per heavy atom. The zero-order valence-electron chi connectivity index (χ0n) is 13.2. The minimum absolute atomic E-state index is 0.0439. The second-order valence-corrected chi connectivity index (χ2v) is 5.60. The first-order chi connectivity index (χ1) is 11.1. The minimum Gasteiger partial charge on any atom is -0.356 e. The zero-order valence-corrected chi connectivity index (χ0v) is 13.2. The van der Waals surface area contributed by atoms with Crippen molar-refractivity contribution >= 4 is 5.91 Å². The van der Waals surface area contributed by atoms with Crippen LogP contribution in [0.1, 0.15) is 36.8 Å². The van der Waals surface area contributed by atoms with Crippen LogP contribution in [0.2, 0.25) is 0 Å². The van der Waals surface area contributed by atoms with E-state index in [1.165, 1.54) is 12.1 Å². The molecule has 0 heterocycles. The molecular formula is C19H21F2NO. The third-order valence-electron chi connectivity index (χ3n) is 3.85. The number of carbonyl (C=O) groups is 1. The van der Waals surface area contributed by atoms with Crippen LogP contribution in [0.5, 0.6) is 0 Å². The van der Waals surface area contributed by atoms with E-state index >= 15 is 0 Å². The molecule has 23 heavy (non-hydrogen) atoms. The highest BCUT2D eigenvalue weighted by molar-refractivity contribution is 5.76.